The average Bonchev–Trinajstić information content (AvgIpc) is 2.52. The average molecular weight is 279 g/mol. The summed E-state index contributed by atoms with van der Waals surface area (Å²) in [4.78, 5) is 11.7. The highest BCUT2D eigenvalue weighted by Gasteiger charge is 2.08. The zero-order chi connectivity index (χ0) is 14.8. The number of halogens is 1. The maximum absolute atomic E-state index is 13.9. The molecule has 0 N–H and O–H groups in total. The first-order valence-electron chi connectivity index (χ1n) is 6.32. The van der Waals surface area contributed by atoms with Crippen LogP contribution in [0.4, 0.5) is 4.39 Å². The molecule has 0 unspecified atom stereocenters. The zero-order valence-electron chi connectivity index (χ0n) is 11.0. The van der Waals surface area contributed by atoms with Gasteiger partial charge in [-0.15, -0.1) is 0 Å². The quantitative estimate of drug-likeness (QED) is 0.724. The molecular weight excluding hydrogens is 269 g/mol. The first kappa shape index (κ1) is 13.0. The summed E-state index contributed by atoms with van der Waals surface area (Å²) < 4.78 is 15.5. The summed E-state index contributed by atoms with van der Waals surface area (Å²) in [5.41, 5.74) is 1.17. The van der Waals surface area contributed by atoms with E-state index in [1.165, 1.54) is 12.3 Å². The first-order valence-corrected chi connectivity index (χ1v) is 6.32. The summed E-state index contributed by atoms with van der Waals surface area (Å²) in [5.74, 6) is -0.460. The fourth-order valence-electron chi connectivity index (χ4n) is 2.19. The van der Waals surface area contributed by atoms with Crippen LogP contribution < -0.4 is 5.43 Å². The molecule has 1 aromatic heterocycles. The van der Waals surface area contributed by atoms with Crippen molar-refractivity contribution in [2.45, 2.75) is 6.54 Å². The highest BCUT2D eigenvalue weighted by Crippen LogP contribution is 2.14. The molecule has 4 nitrogen and oxygen atoms in total. The van der Waals surface area contributed by atoms with Crippen molar-refractivity contribution in [1.29, 1.82) is 5.26 Å². The van der Waals surface area contributed by atoms with Crippen LogP contribution in [-0.4, -0.2) is 9.78 Å². The summed E-state index contributed by atoms with van der Waals surface area (Å²) in [6, 6.07) is 13.3. The molecule has 0 radical (unpaired) electrons. The molecule has 0 amide bonds. The third-order valence-electron chi connectivity index (χ3n) is 3.26. The minimum Gasteiger partial charge on any atom is -0.287 e. The van der Waals surface area contributed by atoms with Crippen LogP contribution in [0.2, 0.25) is 0 Å². The van der Waals surface area contributed by atoms with Crippen LogP contribution in [0.5, 0.6) is 0 Å². The van der Waals surface area contributed by atoms with Crippen LogP contribution in [0, 0.1) is 17.1 Å². The number of benzene rings is 2. The molecule has 0 aliphatic carbocycles. The summed E-state index contributed by atoms with van der Waals surface area (Å²) in [7, 11) is 0. The van der Waals surface area contributed by atoms with E-state index in [2.05, 4.69) is 5.10 Å². The molecule has 3 rings (SSSR count). The number of para-hydroxylation sites is 1. The standard InChI is InChI=1S/C16H10FN3O/c17-14-7-11(8-18)5-6-12(14)10-20-15-4-2-1-3-13(15)16(21)9-19-20/h1-7,9H,10H2. The molecule has 1 heterocycles. The Balaban J connectivity index is 2.09. The lowest BCUT2D eigenvalue weighted by Gasteiger charge is -2.10. The number of fused-ring (bicyclic) bond motifs is 1. The van der Waals surface area contributed by atoms with Crippen molar-refractivity contribution in [2.75, 3.05) is 0 Å². The monoisotopic (exact) mass is 279 g/mol. The van der Waals surface area contributed by atoms with Crippen molar-refractivity contribution in [2.24, 2.45) is 0 Å². The Labute approximate surface area is 119 Å². The number of nitrogens with zero attached hydrogens (tertiary/aromatic N) is 3. The van der Waals surface area contributed by atoms with Gasteiger partial charge >= 0.3 is 0 Å². The van der Waals surface area contributed by atoms with E-state index in [1.807, 2.05) is 6.07 Å². The summed E-state index contributed by atoms with van der Waals surface area (Å²) in [5, 5.41) is 13.3. The summed E-state index contributed by atoms with van der Waals surface area (Å²) >= 11 is 0. The first-order chi connectivity index (χ1) is 10.2. The van der Waals surface area contributed by atoms with Gasteiger partial charge in [-0.25, -0.2) is 4.39 Å². The molecule has 0 aliphatic rings. The van der Waals surface area contributed by atoms with Gasteiger partial charge in [0.05, 0.1) is 29.9 Å². The smallest absolute Gasteiger partial charge is 0.207 e. The van der Waals surface area contributed by atoms with E-state index in [1.54, 1.807) is 41.1 Å². The number of hydrogen-bond donors (Lipinski definition) is 0. The Morgan fingerprint density at radius 1 is 1.24 bits per heavy atom. The maximum atomic E-state index is 13.9. The van der Waals surface area contributed by atoms with Gasteiger partial charge < -0.3 is 0 Å². The Hall–Kier alpha value is -3.00. The Morgan fingerprint density at radius 3 is 2.81 bits per heavy atom. The van der Waals surface area contributed by atoms with Gasteiger partial charge in [-0.05, 0) is 24.3 Å². The lowest BCUT2D eigenvalue weighted by molar-refractivity contribution is 0.587. The van der Waals surface area contributed by atoms with Crippen LogP contribution in [0.3, 0.4) is 0 Å². The van der Waals surface area contributed by atoms with Crippen LogP contribution in [0.1, 0.15) is 11.1 Å². The molecule has 0 saturated heterocycles. The van der Waals surface area contributed by atoms with Crippen molar-refractivity contribution in [1.82, 2.24) is 9.78 Å². The molecule has 5 heteroatoms. The minimum absolute atomic E-state index is 0.165. The third kappa shape index (κ3) is 2.39. The largest absolute Gasteiger partial charge is 0.287 e. The molecule has 0 saturated carbocycles. The van der Waals surface area contributed by atoms with Gasteiger partial charge in [0.1, 0.15) is 5.82 Å². The summed E-state index contributed by atoms with van der Waals surface area (Å²) in [6.45, 7) is 0.193. The third-order valence-corrected chi connectivity index (χ3v) is 3.26. The fourth-order valence-corrected chi connectivity index (χ4v) is 2.19. The lowest BCUT2D eigenvalue weighted by Crippen LogP contribution is -2.13. The Kier molecular flexibility index (Phi) is 3.20. The number of hydrogen-bond acceptors (Lipinski definition) is 3. The van der Waals surface area contributed by atoms with E-state index in [9.17, 15) is 9.18 Å². The Morgan fingerprint density at radius 2 is 2.05 bits per heavy atom. The SMILES string of the molecule is N#Cc1ccc(Cn2ncc(=O)c3ccccc32)c(F)c1. The van der Waals surface area contributed by atoms with Gasteiger partial charge in [-0.1, -0.05) is 18.2 Å². The van der Waals surface area contributed by atoms with Gasteiger partial charge in [0, 0.05) is 10.9 Å². The van der Waals surface area contributed by atoms with Gasteiger partial charge in [-0.3, -0.25) is 9.48 Å². The van der Waals surface area contributed by atoms with Crippen LogP contribution in [0.25, 0.3) is 10.9 Å². The van der Waals surface area contributed by atoms with Crippen molar-refractivity contribution < 1.29 is 4.39 Å². The van der Waals surface area contributed by atoms with Crippen LogP contribution in [-0.2, 0) is 6.54 Å². The molecule has 102 valence electrons. The second-order valence-electron chi connectivity index (χ2n) is 4.60. The van der Waals surface area contributed by atoms with Gasteiger partial charge in [-0.2, -0.15) is 10.4 Å². The molecule has 0 atom stereocenters. The van der Waals surface area contributed by atoms with Gasteiger partial charge in [0.25, 0.3) is 0 Å². The van der Waals surface area contributed by atoms with Crippen molar-refractivity contribution >= 4 is 10.9 Å². The van der Waals surface area contributed by atoms with E-state index in [-0.39, 0.29) is 17.5 Å². The van der Waals surface area contributed by atoms with Crippen LogP contribution >= 0.6 is 0 Å². The normalized spacial score (nSPS) is 10.5. The predicted molar refractivity (Wildman–Crippen MR) is 76.2 cm³/mol. The molecule has 0 spiro atoms. The molecule has 21 heavy (non-hydrogen) atoms. The molecule has 2 aromatic carbocycles. The van der Waals surface area contributed by atoms with Crippen molar-refractivity contribution in [3.8, 4) is 6.07 Å². The minimum atomic E-state index is -0.460. The van der Waals surface area contributed by atoms with E-state index < -0.39 is 5.82 Å². The second-order valence-corrected chi connectivity index (χ2v) is 4.60. The predicted octanol–water partition coefficient (Wildman–Crippen LogP) is 2.46. The topological polar surface area (TPSA) is 58.7 Å². The van der Waals surface area contributed by atoms with Crippen LogP contribution in [0.15, 0.2) is 53.5 Å². The van der Waals surface area contributed by atoms with Crippen molar-refractivity contribution in [3.05, 3.63) is 75.8 Å². The molecule has 3 aromatic rings. The molecule has 0 aliphatic heterocycles. The lowest BCUT2D eigenvalue weighted by atomic mass is 10.1. The molecule has 0 bridgehead atoms. The van der Waals surface area contributed by atoms with Crippen molar-refractivity contribution in [3.63, 3.8) is 0 Å². The van der Waals surface area contributed by atoms with E-state index in [0.717, 1.165) is 0 Å². The second kappa shape index (κ2) is 5.17. The highest BCUT2D eigenvalue weighted by molar-refractivity contribution is 5.77. The highest BCUT2D eigenvalue weighted by atomic mass is 19.1. The summed E-state index contributed by atoms with van der Waals surface area (Å²) in [6.07, 6.45) is 1.23. The van der Waals surface area contributed by atoms with Gasteiger partial charge in [0.15, 0.2) is 0 Å². The Bertz CT molecular complexity index is 925. The number of rotatable bonds is 2. The number of nitriles is 1. The van der Waals surface area contributed by atoms with Gasteiger partial charge in [0.2, 0.25) is 5.43 Å². The number of aromatic nitrogens is 2. The van der Waals surface area contributed by atoms with E-state index >= 15 is 0 Å². The van der Waals surface area contributed by atoms with E-state index in [4.69, 9.17) is 5.26 Å². The fraction of sp³-hybridized carbons (Fsp3) is 0.0625. The molecule has 0 fully saturated rings. The molecular formula is C16H10FN3O. The van der Waals surface area contributed by atoms with E-state index in [0.29, 0.717) is 16.5 Å². The maximum Gasteiger partial charge on any atom is 0.207 e. The zero-order valence-corrected chi connectivity index (χ0v) is 11.0.